The van der Waals surface area contributed by atoms with Crippen LogP contribution >= 0.6 is 0 Å². The summed E-state index contributed by atoms with van der Waals surface area (Å²) in [4.78, 5) is 0. The SMILES string of the molecule is COc1cc(F)c(C2(N)CC2)cc1OC. The van der Waals surface area contributed by atoms with Crippen LogP contribution in [0, 0.1) is 5.82 Å². The first kappa shape index (κ1) is 10.2. The summed E-state index contributed by atoms with van der Waals surface area (Å²) >= 11 is 0. The Labute approximate surface area is 88.0 Å². The van der Waals surface area contributed by atoms with Crippen LogP contribution in [0.15, 0.2) is 12.1 Å². The highest BCUT2D eigenvalue weighted by Gasteiger charge is 2.42. The summed E-state index contributed by atoms with van der Waals surface area (Å²) in [5.74, 6) is 0.585. The number of hydrogen-bond acceptors (Lipinski definition) is 3. The largest absolute Gasteiger partial charge is 0.493 e. The van der Waals surface area contributed by atoms with Crippen LogP contribution < -0.4 is 15.2 Å². The van der Waals surface area contributed by atoms with Gasteiger partial charge in [-0.2, -0.15) is 0 Å². The molecule has 0 bridgehead atoms. The predicted octanol–water partition coefficient (Wildman–Crippen LogP) is 1.79. The lowest BCUT2D eigenvalue weighted by Gasteiger charge is -2.14. The molecule has 1 aliphatic rings. The summed E-state index contributed by atoms with van der Waals surface area (Å²) in [5, 5.41) is 0. The van der Waals surface area contributed by atoms with Crippen molar-refractivity contribution in [3.8, 4) is 11.5 Å². The zero-order valence-electron chi connectivity index (χ0n) is 8.84. The summed E-state index contributed by atoms with van der Waals surface area (Å²) in [5.41, 5.74) is 5.97. The van der Waals surface area contributed by atoms with Crippen molar-refractivity contribution in [2.45, 2.75) is 18.4 Å². The minimum absolute atomic E-state index is 0.326. The number of benzene rings is 1. The standard InChI is InChI=1S/C11H14FNO2/c1-14-9-5-7(11(13)3-4-11)8(12)6-10(9)15-2/h5-6H,3-4,13H2,1-2H3. The summed E-state index contributed by atoms with van der Waals surface area (Å²) in [6, 6.07) is 2.95. The van der Waals surface area contributed by atoms with Crippen molar-refractivity contribution in [2.24, 2.45) is 5.73 Å². The molecule has 1 saturated carbocycles. The van der Waals surface area contributed by atoms with Crippen molar-refractivity contribution in [1.29, 1.82) is 0 Å². The second kappa shape index (κ2) is 3.38. The highest BCUT2D eigenvalue weighted by atomic mass is 19.1. The van der Waals surface area contributed by atoms with E-state index in [9.17, 15) is 4.39 Å². The normalized spacial score (nSPS) is 17.3. The monoisotopic (exact) mass is 211 g/mol. The molecule has 1 fully saturated rings. The summed E-state index contributed by atoms with van der Waals surface area (Å²) < 4.78 is 23.8. The van der Waals surface area contributed by atoms with E-state index in [0.717, 1.165) is 12.8 Å². The molecular weight excluding hydrogens is 197 g/mol. The van der Waals surface area contributed by atoms with Crippen LogP contribution in [-0.4, -0.2) is 14.2 Å². The molecule has 2 rings (SSSR count). The Balaban J connectivity index is 2.48. The lowest BCUT2D eigenvalue weighted by molar-refractivity contribution is 0.350. The Morgan fingerprint density at radius 1 is 1.20 bits per heavy atom. The van der Waals surface area contributed by atoms with Crippen LogP contribution in [0.25, 0.3) is 0 Å². The van der Waals surface area contributed by atoms with Gasteiger partial charge in [0.05, 0.1) is 14.2 Å². The minimum atomic E-state index is -0.496. The average Bonchev–Trinajstić information content (AvgIpc) is 2.96. The number of hydrogen-bond donors (Lipinski definition) is 1. The molecule has 0 heterocycles. The van der Waals surface area contributed by atoms with Crippen molar-refractivity contribution < 1.29 is 13.9 Å². The molecule has 1 aromatic rings. The summed E-state index contributed by atoms with van der Waals surface area (Å²) in [6.07, 6.45) is 1.64. The zero-order chi connectivity index (χ0) is 11.1. The van der Waals surface area contributed by atoms with E-state index in [1.165, 1.54) is 20.3 Å². The maximum absolute atomic E-state index is 13.7. The van der Waals surface area contributed by atoms with E-state index >= 15 is 0 Å². The fraction of sp³-hybridized carbons (Fsp3) is 0.455. The van der Waals surface area contributed by atoms with Crippen LogP contribution in [-0.2, 0) is 5.54 Å². The number of ether oxygens (including phenoxy) is 2. The van der Waals surface area contributed by atoms with Gasteiger partial charge in [-0.15, -0.1) is 0 Å². The third-order valence-electron chi connectivity index (χ3n) is 2.80. The number of methoxy groups -OCH3 is 2. The molecule has 0 aromatic heterocycles. The van der Waals surface area contributed by atoms with Gasteiger partial charge in [0, 0.05) is 17.2 Å². The Morgan fingerprint density at radius 3 is 2.20 bits per heavy atom. The third-order valence-corrected chi connectivity index (χ3v) is 2.80. The van der Waals surface area contributed by atoms with Gasteiger partial charge in [-0.3, -0.25) is 0 Å². The number of nitrogens with two attached hydrogens (primary N) is 1. The van der Waals surface area contributed by atoms with Gasteiger partial charge >= 0.3 is 0 Å². The fourth-order valence-corrected chi connectivity index (χ4v) is 1.64. The average molecular weight is 211 g/mol. The molecule has 0 amide bonds. The van der Waals surface area contributed by atoms with Crippen LogP contribution in [0.4, 0.5) is 4.39 Å². The summed E-state index contributed by atoms with van der Waals surface area (Å²) in [7, 11) is 3.00. The second-order valence-corrected chi connectivity index (χ2v) is 3.84. The van der Waals surface area contributed by atoms with Gasteiger partial charge in [0.1, 0.15) is 5.82 Å². The molecule has 1 aliphatic carbocycles. The van der Waals surface area contributed by atoms with Gasteiger partial charge in [0.25, 0.3) is 0 Å². The van der Waals surface area contributed by atoms with Crippen molar-refractivity contribution in [3.05, 3.63) is 23.5 Å². The van der Waals surface area contributed by atoms with Gasteiger partial charge in [0.2, 0.25) is 0 Å². The second-order valence-electron chi connectivity index (χ2n) is 3.84. The van der Waals surface area contributed by atoms with Gasteiger partial charge in [-0.05, 0) is 18.9 Å². The molecular formula is C11H14FNO2. The fourth-order valence-electron chi connectivity index (χ4n) is 1.64. The van der Waals surface area contributed by atoms with Crippen molar-refractivity contribution >= 4 is 0 Å². The Hall–Kier alpha value is -1.29. The van der Waals surface area contributed by atoms with E-state index < -0.39 is 5.54 Å². The molecule has 15 heavy (non-hydrogen) atoms. The van der Waals surface area contributed by atoms with Crippen molar-refractivity contribution in [3.63, 3.8) is 0 Å². The topological polar surface area (TPSA) is 44.5 Å². The number of halogens is 1. The van der Waals surface area contributed by atoms with Gasteiger partial charge < -0.3 is 15.2 Å². The quantitative estimate of drug-likeness (QED) is 0.829. The molecule has 0 unspecified atom stereocenters. The van der Waals surface area contributed by atoms with E-state index in [1.807, 2.05) is 0 Å². The van der Waals surface area contributed by atoms with E-state index in [1.54, 1.807) is 6.07 Å². The highest BCUT2D eigenvalue weighted by Crippen LogP contribution is 2.46. The lowest BCUT2D eigenvalue weighted by Crippen LogP contribution is -2.20. The van der Waals surface area contributed by atoms with Crippen LogP contribution in [0.3, 0.4) is 0 Å². The van der Waals surface area contributed by atoms with Gasteiger partial charge in [-0.25, -0.2) is 4.39 Å². The Bertz CT molecular complexity index is 388. The van der Waals surface area contributed by atoms with Crippen LogP contribution in [0.1, 0.15) is 18.4 Å². The van der Waals surface area contributed by atoms with Gasteiger partial charge in [0.15, 0.2) is 11.5 Å². The zero-order valence-corrected chi connectivity index (χ0v) is 8.84. The maximum Gasteiger partial charge on any atom is 0.163 e. The molecule has 4 heteroatoms. The Morgan fingerprint density at radius 2 is 1.73 bits per heavy atom. The molecule has 3 nitrogen and oxygen atoms in total. The van der Waals surface area contributed by atoms with Gasteiger partial charge in [-0.1, -0.05) is 0 Å². The molecule has 0 spiro atoms. The first-order chi connectivity index (χ1) is 7.10. The lowest BCUT2D eigenvalue weighted by atomic mass is 10.0. The summed E-state index contributed by atoms with van der Waals surface area (Å²) in [6.45, 7) is 0. The number of rotatable bonds is 3. The molecule has 1 aromatic carbocycles. The maximum atomic E-state index is 13.7. The van der Waals surface area contributed by atoms with Crippen LogP contribution in [0.5, 0.6) is 11.5 Å². The minimum Gasteiger partial charge on any atom is -0.493 e. The van der Waals surface area contributed by atoms with Crippen LogP contribution in [0.2, 0.25) is 0 Å². The third kappa shape index (κ3) is 1.65. The molecule has 2 N–H and O–H groups in total. The molecule has 0 radical (unpaired) electrons. The first-order valence-electron chi connectivity index (χ1n) is 4.81. The van der Waals surface area contributed by atoms with E-state index in [-0.39, 0.29) is 5.82 Å². The molecule has 0 saturated heterocycles. The molecule has 82 valence electrons. The van der Waals surface area contributed by atoms with Crippen molar-refractivity contribution in [1.82, 2.24) is 0 Å². The Kier molecular flexibility index (Phi) is 2.31. The van der Waals surface area contributed by atoms with E-state index in [0.29, 0.717) is 17.1 Å². The first-order valence-corrected chi connectivity index (χ1v) is 4.81. The molecule has 0 aliphatic heterocycles. The van der Waals surface area contributed by atoms with E-state index in [2.05, 4.69) is 0 Å². The highest BCUT2D eigenvalue weighted by molar-refractivity contribution is 5.47. The smallest absolute Gasteiger partial charge is 0.163 e. The predicted molar refractivity (Wildman–Crippen MR) is 54.6 cm³/mol. The molecule has 0 atom stereocenters. The van der Waals surface area contributed by atoms with Crippen molar-refractivity contribution in [2.75, 3.05) is 14.2 Å². The van der Waals surface area contributed by atoms with E-state index in [4.69, 9.17) is 15.2 Å².